The van der Waals surface area contributed by atoms with Crippen molar-refractivity contribution >= 4 is 23.1 Å². The molecule has 0 saturated heterocycles. The van der Waals surface area contributed by atoms with E-state index >= 15 is 0 Å². The molecule has 0 aliphatic carbocycles. The highest BCUT2D eigenvalue weighted by atomic mass is 32.2. The zero-order valence-corrected chi connectivity index (χ0v) is 13.3. The van der Waals surface area contributed by atoms with Crippen molar-refractivity contribution < 1.29 is 4.39 Å². The van der Waals surface area contributed by atoms with Crippen molar-refractivity contribution in [3.63, 3.8) is 0 Å². The Bertz CT molecular complexity index is 712. The van der Waals surface area contributed by atoms with Gasteiger partial charge in [-0.15, -0.1) is 23.1 Å². The standard InChI is InChI=1S/C18H15FS2/c1-2-20-16-9-5-13(6-10-16)17-11-12-21-18(17)14-3-7-15(19)8-4-14/h3-12H,2H2,1H3. The zero-order chi connectivity index (χ0) is 14.7. The van der Waals surface area contributed by atoms with Crippen molar-refractivity contribution in [3.8, 4) is 21.6 Å². The fraction of sp³-hybridized carbons (Fsp3) is 0.111. The minimum Gasteiger partial charge on any atom is -0.207 e. The summed E-state index contributed by atoms with van der Waals surface area (Å²) in [6.07, 6.45) is 0. The smallest absolute Gasteiger partial charge is 0.123 e. The fourth-order valence-electron chi connectivity index (χ4n) is 2.26. The molecule has 0 radical (unpaired) electrons. The van der Waals surface area contributed by atoms with Gasteiger partial charge in [0.2, 0.25) is 0 Å². The molecular weight excluding hydrogens is 299 g/mol. The monoisotopic (exact) mass is 314 g/mol. The molecule has 0 amide bonds. The maximum atomic E-state index is 13.1. The van der Waals surface area contributed by atoms with Gasteiger partial charge in [0.05, 0.1) is 0 Å². The van der Waals surface area contributed by atoms with Crippen LogP contribution in [0.4, 0.5) is 4.39 Å². The van der Waals surface area contributed by atoms with Crippen molar-refractivity contribution in [2.45, 2.75) is 11.8 Å². The van der Waals surface area contributed by atoms with Crippen LogP contribution < -0.4 is 0 Å². The maximum absolute atomic E-state index is 13.1. The van der Waals surface area contributed by atoms with Crippen LogP contribution in [0.2, 0.25) is 0 Å². The number of hydrogen-bond acceptors (Lipinski definition) is 2. The Labute approximate surface area is 132 Å². The summed E-state index contributed by atoms with van der Waals surface area (Å²) in [6.45, 7) is 2.16. The van der Waals surface area contributed by atoms with Crippen LogP contribution in [0.1, 0.15) is 6.92 Å². The molecule has 2 aromatic carbocycles. The maximum Gasteiger partial charge on any atom is 0.123 e. The summed E-state index contributed by atoms with van der Waals surface area (Å²) >= 11 is 3.53. The molecule has 0 fully saturated rings. The summed E-state index contributed by atoms with van der Waals surface area (Å²) in [7, 11) is 0. The molecule has 0 nitrogen and oxygen atoms in total. The normalized spacial score (nSPS) is 10.8. The van der Waals surface area contributed by atoms with Crippen LogP contribution in [-0.2, 0) is 0 Å². The van der Waals surface area contributed by atoms with E-state index in [0.29, 0.717) is 0 Å². The summed E-state index contributed by atoms with van der Waals surface area (Å²) in [6, 6.07) is 17.5. The first-order valence-corrected chi connectivity index (χ1v) is 8.71. The zero-order valence-electron chi connectivity index (χ0n) is 11.7. The Hall–Kier alpha value is -1.58. The van der Waals surface area contributed by atoms with Gasteiger partial charge >= 0.3 is 0 Å². The highest BCUT2D eigenvalue weighted by Crippen LogP contribution is 2.37. The number of thiophene rings is 1. The van der Waals surface area contributed by atoms with E-state index in [4.69, 9.17) is 0 Å². The Morgan fingerprint density at radius 1 is 0.905 bits per heavy atom. The van der Waals surface area contributed by atoms with E-state index in [1.54, 1.807) is 11.3 Å². The van der Waals surface area contributed by atoms with Crippen LogP contribution in [0.3, 0.4) is 0 Å². The van der Waals surface area contributed by atoms with Crippen LogP contribution in [0.15, 0.2) is 64.9 Å². The molecule has 0 bridgehead atoms. The summed E-state index contributed by atoms with van der Waals surface area (Å²) < 4.78 is 13.1. The van der Waals surface area contributed by atoms with Crippen molar-refractivity contribution in [1.29, 1.82) is 0 Å². The molecule has 0 spiro atoms. The van der Waals surface area contributed by atoms with E-state index in [9.17, 15) is 4.39 Å². The minimum absolute atomic E-state index is 0.196. The highest BCUT2D eigenvalue weighted by molar-refractivity contribution is 7.99. The second-order valence-corrected chi connectivity index (χ2v) is 6.88. The topological polar surface area (TPSA) is 0 Å². The Morgan fingerprint density at radius 2 is 1.57 bits per heavy atom. The number of rotatable bonds is 4. The van der Waals surface area contributed by atoms with Crippen molar-refractivity contribution in [3.05, 3.63) is 65.8 Å². The van der Waals surface area contributed by atoms with Crippen LogP contribution >= 0.6 is 23.1 Å². The Kier molecular flexibility index (Phi) is 4.42. The van der Waals surface area contributed by atoms with E-state index in [-0.39, 0.29) is 5.82 Å². The first-order chi connectivity index (χ1) is 10.3. The first-order valence-electron chi connectivity index (χ1n) is 6.84. The third kappa shape index (κ3) is 3.20. The number of benzene rings is 2. The van der Waals surface area contributed by atoms with E-state index in [2.05, 4.69) is 42.6 Å². The summed E-state index contributed by atoms with van der Waals surface area (Å²) in [5, 5.41) is 2.09. The Morgan fingerprint density at radius 3 is 2.24 bits per heavy atom. The summed E-state index contributed by atoms with van der Waals surface area (Å²) in [5.41, 5.74) is 3.48. The van der Waals surface area contributed by atoms with Gasteiger partial charge in [-0.25, -0.2) is 4.39 Å². The molecule has 3 heteroatoms. The molecule has 0 N–H and O–H groups in total. The average Bonchev–Trinajstić information content (AvgIpc) is 2.99. The minimum atomic E-state index is -0.196. The van der Waals surface area contributed by atoms with Gasteiger partial charge in [-0.2, -0.15) is 0 Å². The van der Waals surface area contributed by atoms with Crippen LogP contribution in [0, 0.1) is 5.82 Å². The molecule has 0 unspecified atom stereocenters. The van der Waals surface area contributed by atoms with Gasteiger partial charge in [-0.05, 0) is 52.6 Å². The van der Waals surface area contributed by atoms with Crippen molar-refractivity contribution in [2.24, 2.45) is 0 Å². The average molecular weight is 314 g/mol. The molecule has 0 aliphatic heterocycles. The molecule has 21 heavy (non-hydrogen) atoms. The summed E-state index contributed by atoms with van der Waals surface area (Å²) in [5.74, 6) is 0.885. The lowest BCUT2D eigenvalue weighted by molar-refractivity contribution is 0.628. The molecule has 106 valence electrons. The molecule has 0 saturated carbocycles. The van der Waals surface area contributed by atoms with Gasteiger partial charge in [0, 0.05) is 15.3 Å². The van der Waals surface area contributed by atoms with Gasteiger partial charge in [0.25, 0.3) is 0 Å². The van der Waals surface area contributed by atoms with Crippen LogP contribution in [0.25, 0.3) is 21.6 Å². The fourth-order valence-corrected chi connectivity index (χ4v) is 3.85. The first kappa shape index (κ1) is 14.4. The second-order valence-electron chi connectivity index (χ2n) is 4.63. The SMILES string of the molecule is CCSc1ccc(-c2ccsc2-c2ccc(F)cc2)cc1. The van der Waals surface area contributed by atoms with Gasteiger partial charge in [-0.3, -0.25) is 0 Å². The molecule has 0 atom stereocenters. The number of thioether (sulfide) groups is 1. The van der Waals surface area contributed by atoms with Gasteiger partial charge in [-0.1, -0.05) is 31.2 Å². The Balaban J connectivity index is 1.96. The molecular formula is C18H15FS2. The van der Waals surface area contributed by atoms with E-state index in [0.717, 1.165) is 11.3 Å². The van der Waals surface area contributed by atoms with Crippen LogP contribution in [-0.4, -0.2) is 5.75 Å². The van der Waals surface area contributed by atoms with Crippen LogP contribution in [0.5, 0.6) is 0 Å². The third-order valence-electron chi connectivity index (χ3n) is 3.25. The molecule has 1 aromatic heterocycles. The molecule has 1 heterocycles. The highest BCUT2D eigenvalue weighted by Gasteiger charge is 2.09. The molecule has 3 aromatic rings. The quantitative estimate of drug-likeness (QED) is 0.507. The van der Waals surface area contributed by atoms with Crippen molar-refractivity contribution in [1.82, 2.24) is 0 Å². The predicted octanol–water partition coefficient (Wildman–Crippen LogP) is 6.33. The lowest BCUT2D eigenvalue weighted by Crippen LogP contribution is -1.81. The van der Waals surface area contributed by atoms with Crippen molar-refractivity contribution in [2.75, 3.05) is 5.75 Å². The second kappa shape index (κ2) is 6.46. The number of hydrogen-bond donors (Lipinski definition) is 0. The van der Waals surface area contributed by atoms with Gasteiger partial charge in [0.15, 0.2) is 0 Å². The summed E-state index contributed by atoms with van der Waals surface area (Å²) in [4.78, 5) is 2.48. The van der Waals surface area contributed by atoms with Gasteiger partial charge in [0.1, 0.15) is 5.82 Å². The lowest BCUT2D eigenvalue weighted by atomic mass is 10.0. The predicted molar refractivity (Wildman–Crippen MR) is 91.5 cm³/mol. The molecule has 3 rings (SSSR count). The lowest BCUT2D eigenvalue weighted by Gasteiger charge is -2.06. The molecule has 0 aliphatic rings. The van der Waals surface area contributed by atoms with E-state index in [1.807, 2.05) is 23.9 Å². The van der Waals surface area contributed by atoms with E-state index < -0.39 is 0 Å². The third-order valence-corrected chi connectivity index (χ3v) is 5.11. The van der Waals surface area contributed by atoms with E-state index in [1.165, 1.54) is 33.0 Å². The van der Waals surface area contributed by atoms with Gasteiger partial charge < -0.3 is 0 Å². The number of halogens is 1. The largest absolute Gasteiger partial charge is 0.207 e.